The molecule has 0 aromatic rings. The number of hydrogen-bond donors (Lipinski definition) is 1. The summed E-state index contributed by atoms with van der Waals surface area (Å²) in [5, 5.41) is 3.32. The Hall–Kier alpha value is -0.570. The van der Waals surface area contributed by atoms with E-state index in [1.54, 1.807) is 0 Å². The highest BCUT2D eigenvalue weighted by Gasteiger charge is 2.22. The maximum atomic E-state index is 10.8. The van der Waals surface area contributed by atoms with Gasteiger partial charge in [0, 0.05) is 12.1 Å². The molecule has 3 heteroatoms. The highest BCUT2D eigenvalue weighted by Crippen LogP contribution is 2.14. The number of ether oxygens (including phenoxy) is 1. The van der Waals surface area contributed by atoms with E-state index in [1.807, 2.05) is 0 Å². The fourth-order valence-corrected chi connectivity index (χ4v) is 1.47. The lowest BCUT2D eigenvalue weighted by Crippen LogP contribution is -2.29. The Morgan fingerprint density at radius 1 is 1.64 bits per heavy atom. The normalized spacial score (nSPS) is 30.4. The third kappa shape index (κ3) is 2.50. The summed E-state index contributed by atoms with van der Waals surface area (Å²) in [5.41, 5.74) is 0. The summed E-state index contributed by atoms with van der Waals surface area (Å²) in [5.74, 6) is -0.114. The van der Waals surface area contributed by atoms with Crippen LogP contribution in [0.25, 0.3) is 0 Å². The standard InChI is InChI=1S/C8H15NO2/c1-6-3-4-7(9-6)5-8(10)11-2/h6-7,9H,3-5H2,1-2H3/t6-,7-/m1/s1. The van der Waals surface area contributed by atoms with Crippen molar-refractivity contribution in [3.8, 4) is 0 Å². The second-order valence-electron chi connectivity index (χ2n) is 3.12. The van der Waals surface area contributed by atoms with Gasteiger partial charge in [0.25, 0.3) is 0 Å². The monoisotopic (exact) mass is 157 g/mol. The first-order valence-electron chi connectivity index (χ1n) is 4.05. The van der Waals surface area contributed by atoms with Crippen molar-refractivity contribution in [2.24, 2.45) is 0 Å². The van der Waals surface area contributed by atoms with Gasteiger partial charge in [0.1, 0.15) is 0 Å². The van der Waals surface area contributed by atoms with Crippen LogP contribution in [0, 0.1) is 0 Å². The molecule has 1 heterocycles. The molecule has 1 fully saturated rings. The lowest BCUT2D eigenvalue weighted by atomic mass is 10.1. The molecule has 0 unspecified atom stereocenters. The van der Waals surface area contributed by atoms with Crippen LogP contribution in [-0.2, 0) is 9.53 Å². The molecular weight excluding hydrogens is 142 g/mol. The van der Waals surface area contributed by atoms with E-state index in [-0.39, 0.29) is 5.97 Å². The summed E-state index contributed by atoms with van der Waals surface area (Å²) in [6.07, 6.45) is 2.78. The third-order valence-corrected chi connectivity index (χ3v) is 2.11. The maximum Gasteiger partial charge on any atom is 0.307 e. The predicted molar refractivity (Wildman–Crippen MR) is 42.3 cm³/mol. The van der Waals surface area contributed by atoms with Crippen LogP contribution in [0.1, 0.15) is 26.2 Å². The summed E-state index contributed by atoms with van der Waals surface area (Å²) in [6, 6.07) is 0.905. The van der Waals surface area contributed by atoms with Gasteiger partial charge in [-0.1, -0.05) is 0 Å². The number of hydrogen-bond acceptors (Lipinski definition) is 3. The van der Waals surface area contributed by atoms with Gasteiger partial charge in [-0.2, -0.15) is 0 Å². The van der Waals surface area contributed by atoms with Gasteiger partial charge >= 0.3 is 5.97 Å². The Balaban J connectivity index is 2.23. The van der Waals surface area contributed by atoms with E-state index in [0.29, 0.717) is 18.5 Å². The Labute approximate surface area is 67.1 Å². The van der Waals surface area contributed by atoms with Gasteiger partial charge in [0.15, 0.2) is 0 Å². The molecule has 0 radical (unpaired) electrons. The van der Waals surface area contributed by atoms with Crippen molar-refractivity contribution in [3.63, 3.8) is 0 Å². The lowest BCUT2D eigenvalue weighted by Gasteiger charge is -2.08. The van der Waals surface area contributed by atoms with Crippen LogP contribution in [0.4, 0.5) is 0 Å². The second kappa shape index (κ2) is 3.72. The molecule has 3 nitrogen and oxygen atoms in total. The fourth-order valence-electron chi connectivity index (χ4n) is 1.47. The number of rotatable bonds is 2. The first kappa shape index (κ1) is 8.53. The molecule has 1 N–H and O–H groups in total. The molecule has 1 saturated heterocycles. The summed E-state index contributed by atoms with van der Waals surface area (Å²) in [7, 11) is 1.43. The molecule has 0 amide bonds. The molecule has 0 saturated carbocycles. The summed E-state index contributed by atoms with van der Waals surface area (Å²) in [4.78, 5) is 10.8. The van der Waals surface area contributed by atoms with Gasteiger partial charge in [0.2, 0.25) is 0 Å². The molecular formula is C8H15NO2. The highest BCUT2D eigenvalue weighted by atomic mass is 16.5. The van der Waals surface area contributed by atoms with Crippen molar-refractivity contribution in [1.82, 2.24) is 5.32 Å². The van der Waals surface area contributed by atoms with Gasteiger partial charge in [-0.15, -0.1) is 0 Å². The van der Waals surface area contributed by atoms with Crippen molar-refractivity contribution < 1.29 is 9.53 Å². The average molecular weight is 157 g/mol. The minimum Gasteiger partial charge on any atom is -0.469 e. The maximum absolute atomic E-state index is 10.8. The Kier molecular flexibility index (Phi) is 2.88. The van der Waals surface area contributed by atoms with Gasteiger partial charge in [0.05, 0.1) is 13.5 Å². The zero-order valence-corrected chi connectivity index (χ0v) is 7.09. The summed E-state index contributed by atoms with van der Waals surface area (Å²) >= 11 is 0. The van der Waals surface area contributed by atoms with Gasteiger partial charge < -0.3 is 10.1 Å². The van der Waals surface area contributed by atoms with Gasteiger partial charge in [-0.3, -0.25) is 4.79 Å². The van der Waals surface area contributed by atoms with Crippen LogP contribution in [0.5, 0.6) is 0 Å². The molecule has 1 aliphatic heterocycles. The minimum absolute atomic E-state index is 0.114. The first-order valence-corrected chi connectivity index (χ1v) is 4.05. The summed E-state index contributed by atoms with van der Waals surface area (Å²) < 4.78 is 4.57. The third-order valence-electron chi connectivity index (χ3n) is 2.11. The zero-order valence-electron chi connectivity index (χ0n) is 7.09. The van der Waals surface area contributed by atoms with Crippen LogP contribution >= 0.6 is 0 Å². The Morgan fingerprint density at radius 3 is 2.82 bits per heavy atom. The van der Waals surface area contributed by atoms with Crippen molar-refractivity contribution in [2.75, 3.05) is 7.11 Å². The van der Waals surface area contributed by atoms with Crippen molar-refractivity contribution in [1.29, 1.82) is 0 Å². The number of carbonyl (C=O) groups is 1. The summed E-state index contributed by atoms with van der Waals surface area (Å²) in [6.45, 7) is 2.14. The highest BCUT2D eigenvalue weighted by molar-refractivity contribution is 5.69. The topological polar surface area (TPSA) is 38.3 Å². The fraction of sp³-hybridized carbons (Fsp3) is 0.875. The smallest absolute Gasteiger partial charge is 0.307 e. The molecule has 1 rings (SSSR count). The van der Waals surface area contributed by atoms with Crippen LogP contribution in [0.3, 0.4) is 0 Å². The molecule has 0 aliphatic carbocycles. The van der Waals surface area contributed by atoms with E-state index >= 15 is 0 Å². The number of methoxy groups -OCH3 is 1. The van der Waals surface area contributed by atoms with E-state index in [2.05, 4.69) is 17.0 Å². The van der Waals surface area contributed by atoms with E-state index in [0.717, 1.165) is 6.42 Å². The molecule has 1 aliphatic rings. The molecule has 0 spiro atoms. The largest absolute Gasteiger partial charge is 0.469 e. The van der Waals surface area contributed by atoms with Crippen molar-refractivity contribution >= 4 is 5.97 Å². The van der Waals surface area contributed by atoms with E-state index in [9.17, 15) is 4.79 Å². The quantitative estimate of drug-likeness (QED) is 0.599. The van der Waals surface area contributed by atoms with Crippen LogP contribution in [0.2, 0.25) is 0 Å². The van der Waals surface area contributed by atoms with Crippen molar-refractivity contribution in [3.05, 3.63) is 0 Å². The van der Waals surface area contributed by atoms with Crippen molar-refractivity contribution in [2.45, 2.75) is 38.3 Å². The van der Waals surface area contributed by atoms with E-state index in [1.165, 1.54) is 13.5 Å². The lowest BCUT2D eigenvalue weighted by molar-refractivity contribution is -0.141. The zero-order chi connectivity index (χ0) is 8.27. The van der Waals surface area contributed by atoms with Crippen LogP contribution in [-0.4, -0.2) is 25.2 Å². The molecule has 64 valence electrons. The Morgan fingerprint density at radius 2 is 2.36 bits per heavy atom. The van der Waals surface area contributed by atoms with E-state index < -0.39 is 0 Å². The van der Waals surface area contributed by atoms with Gasteiger partial charge in [-0.25, -0.2) is 0 Å². The van der Waals surface area contributed by atoms with Crippen LogP contribution in [0.15, 0.2) is 0 Å². The number of esters is 1. The molecule has 0 aromatic heterocycles. The number of nitrogens with one attached hydrogen (secondary N) is 1. The van der Waals surface area contributed by atoms with Crippen LogP contribution < -0.4 is 5.32 Å². The van der Waals surface area contributed by atoms with Gasteiger partial charge in [-0.05, 0) is 19.8 Å². The average Bonchev–Trinajstić information content (AvgIpc) is 2.35. The number of carbonyl (C=O) groups excluding carboxylic acids is 1. The minimum atomic E-state index is -0.114. The SMILES string of the molecule is COC(=O)C[C@H]1CC[C@@H](C)N1. The molecule has 2 atom stereocenters. The molecule has 11 heavy (non-hydrogen) atoms. The predicted octanol–water partition coefficient (Wildman–Crippen LogP) is 0.690. The Bertz CT molecular complexity index is 147. The molecule has 0 bridgehead atoms. The van der Waals surface area contributed by atoms with E-state index in [4.69, 9.17) is 0 Å². The molecule has 0 aromatic carbocycles. The second-order valence-corrected chi connectivity index (χ2v) is 3.12. The first-order chi connectivity index (χ1) is 5.22.